The summed E-state index contributed by atoms with van der Waals surface area (Å²) < 4.78 is 0. The van der Waals surface area contributed by atoms with Crippen molar-refractivity contribution in [3.63, 3.8) is 0 Å². The number of unbranched alkanes of at least 4 members (excludes halogenated alkanes) is 1. The highest BCUT2D eigenvalue weighted by Crippen LogP contribution is 1.86. The first kappa shape index (κ1) is 18.3. The van der Waals surface area contributed by atoms with Crippen LogP contribution in [-0.4, -0.2) is 35.3 Å². The van der Waals surface area contributed by atoms with Gasteiger partial charge in [0.05, 0.1) is 0 Å². The van der Waals surface area contributed by atoms with Crippen molar-refractivity contribution in [2.75, 3.05) is 13.1 Å². The van der Waals surface area contributed by atoms with Gasteiger partial charge in [-0.15, -0.1) is 10.1 Å². The van der Waals surface area contributed by atoms with E-state index >= 15 is 0 Å². The van der Waals surface area contributed by atoms with Crippen molar-refractivity contribution in [1.29, 1.82) is 5.41 Å². The quantitative estimate of drug-likeness (QED) is 0.158. The molecule has 9 nitrogen and oxygen atoms in total. The molecule has 0 aromatic rings. The minimum Gasteiger partial charge on any atom is -0.370 e. The monoisotopic (exact) mass is 262 g/mol. The summed E-state index contributed by atoms with van der Waals surface area (Å²) in [5.74, 6) is 0.525. The highest BCUT2D eigenvalue weighted by molar-refractivity contribution is 5.96. The summed E-state index contributed by atoms with van der Waals surface area (Å²) in [5, 5.41) is 26.5. The van der Waals surface area contributed by atoms with Gasteiger partial charge in [0.2, 0.25) is 0 Å². The Hall–Kier alpha value is -2.06. The van der Waals surface area contributed by atoms with Crippen molar-refractivity contribution in [1.82, 2.24) is 10.6 Å². The molecule has 18 heavy (non-hydrogen) atoms. The van der Waals surface area contributed by atoms with E-state index < -0.39 is 5.09 Å². The van der Waals surface area contributed by atoms with Crippen LogP contribution in [-0.2, 0) is 0 Å². The first-order valence-electron chi connectivity index (χ1n) is 5.66. The molecule has 0 rings (SSSR count). The first-order chi connectivity index (χ1) is 8.43. The summed E-state index contributed by atoms with van der Waals surface area (Å²) in [6.45, 7) is 5.80. The topological polar surface area (TPSA) is 150 Å². The van der Waals surface area contributed by atoms with E-state index in [1.165, 1.54) is 0 Å². The van der Waals surface area contributed by atoms with E-state index in [0.717, 1.165) is 32.4 Å². The Balaban J connectivity index is 0. The number of guanidine groups is 2. The Morgan fingerprint density at radius 3 is 2.44 bits per heavy atom. The van der Waals surface area contributed by atoms with Gasteiger partial charge in [0.1, 0.15) is 0 Å². The maximum atomic E-state index is 8.36. The lowest BCUT2D eigenvalue weighted by molar-refractivity contribution is -0.742. The second kappa shape index (κ2) is 13.0. The molecule has 6 N–H and O–H groups in total. The number of aliphatic imine (C=N–C) groups is 1. The third kappa shape index (κ3) is 19.5. The van der Waals surface area contributed by atoms with Crippen molar-refractivity contribution >= 4 is 11.9 Å². The Bertz CT molecular complexity index is 265. The number of nitrogens with zero attached hydrogens (tertiary/aromatic N) is 2. The maximum absolute atomic E-state index is 8.36. The molecular formula is C9H22N6O3. The lowest BCUT2D eigenvalue weighted by Crippen LogP contribution is -2.44. The molecule has 0 radical (unpaired) electrons. The zero-order valence-corrected chi connectivity index (χ0v) is 10.8. The molecule has 0 heterocycles. The molecule has 0 fully saturated rings. The minimum atomic E-state index is -1.50. The number of nitrogens with two attached hydrogens (primary N) is 1. The van der Waals surface area contributed by atoms with E-state index in [-0.39, 0.29) is 5.96 Å². The fourth-order valence-electron chi connectivity index (χ4n) is 0.860. The van der Waals surface area contributed by atoms with Crippen LogP contribution in [0.3, 0.4) is 0 Å². The summed E-state index contributed by atoms with van der Waals surface area (Å²) in [7, 11) is 0. The number of hydrogen-bond acceptors (Lipinski definition) is 4. The normalized spacial score (nSPS) is 10.0. The van der Waals surface area contributed by atoms with Gasteiger partial charge in [0.25, 0.3) is 5.09 Å². The SMILES string of the molecule is CCCC/N=C(/NCCC)NC(=N)N.O=[N+]([O-])O. The van der Waals surface area contributed by atoms with Crippen molar-refractivity contribution < 1.29 is 10.3 Å². The molecule has 0 saturated carbocycles. The Morgan fingerprint density at radius 1 is 1.50 bits per heavy atom. The third-order valence-corrected chi connectivity index (χ3v) is 1.58. The zero-order chi connectivity index (χ0) is 14.4. The van der Waals surface area contributed by atoms with Crippen LogP contribution in [0.1, 0.15) is 33.1 Å². The van der Waals surface area contributed by atoms with Crippen LogP contribution in [0, 0.1) is 15.5 Å². The van der Waals surface area contributed by atoms with Gasteiger partial charge in [-0.3, -0.25) is 15.7 Å². The van der Waals surface area contributed by atoms with Gasteiger partial charge in [0.15, 0.2) is 11.9 Å². The maximum Gasteiger partial charge on any atom is 0.291 e. The van der Waals surface area contributed by atoms with Gasteiger partial charge in [-0.25, -0.2) is 0 Å². The van der Waals surface area contributed by atoms with Crippen molar-refractivity contribution in [3.05, 3.63) is 10.1 Å². The van der Waals surface area contributed by atoms with Crippen LogP contribution >= 0.6 is 0 Å². The Kier molecular flexibility index (Phi) is 13.2. The second-order valence-corrected chi connectivity index (χ2v) is 3.29. The molecular weight excluding hydrogens is 240 g/mol. The lowest BCUT2D eigenvalue weighted by atomic mass is 10.3. The van der Waals surface area contributed by atoms with E-state index in [1.807, 2.05) is 0 Å². The molecule has 0 atom stereocenters. The van der Waals surface area contributed by atoms with Gasteiger partial charge < -0.3 is 16.3 Å². The van der Waals surface area contributed by atoms with Gasteiger partial charge in [-0.2, -0.15) is 0 Å². The molecule has 0 aromatic heterocycles. The largest absolute Gasteiger partial charge is 0.370 e. The average Bonchev–Trinajstić information content (AvgIpc) is 2.24. The van der Waals surface area contributed by atoms with Crippen molar-refractivity contribution in [2.45, 2.75) is 33.1 Å². The fourth-order valence-corrected chi connectivity index (χ4v) is 0.860. The standard InChI is InChI=1S/C9H21N5.HNO3/c1-3-5-7-13-9(12-6-4-2)14-8(10)11;2-1(3)4/h3-7H2,1-2H3,(H5,10,11,12,13,14);(H,2,3,4). The van der Waals surface area contributed by atoms with Crippen molar-refractivity contribution in [2.24, 2.45) is 10.7 Å². The van der Waals surface area contributed by atoms with E-state index in [0.29, 0.717) is 5.96 Å². The Morgan fingerprint density at radius 2 is 2.06 bits per heavy atom. The van der Waals surface area contributed by atoms with E-state index in [2.05, 4.69) is 29.5 Å². The predicted octanol–water partition coefficient (Wildman–Crippen LogP) is 0.277. The van der Waals surface area contributed by atoms with Crippen LogP contribution < -0.4 is 16.4 Å². The third-order valence-electron chi connectivity index (χ3n) is 1.58. The zero-order valence-electron chi connectivity index (χ0n) is 10.8. The molecule has 0 aliphatic rings. The van der Waals surface area contributed by atoms with Gasteiger partial charge >= 0.3 is 0 Å². The molecule has 9 heteroatoms. The van der Waals surface area contributed by atoms with Crippen LogP contribution in [0.2, 0.25) is 0 Å². The highest BCUT2D eigenvalue weighted by atomic mass is 16.9. The number of rotatable bonds is 5. The first-order valence-corrected chi connectivity index (χ1v) is 5.66. The Labute approximate surface area is 106 Å². The summed E-state index contributed by atoms with van der Waals surface area (Å²) in [6.07, 6.45) is 3.19. The predicted molar refractivity (Wildman–Crippen MR) is 69.3 cm³/mol. The van der Waals surface area contributed by atoms with Crippen LogP contribution in [0.25, 0.3) is 0 Å². The van der Waals surface area contributed by atoms with Crippen molar-refractivity contribution in [3.8, 4) is 0 Å². The van der Waals surface area contributed by atoms with Crippen LogP contribution in [0.5, 0.6) is 0 Å². The number of hydrogen-bond donors (Lipinski definition) is 5. The van der Waals surface area contributed by atoms with Crippen LogP contribution in [0.4, 0.5) is 0 Å². The van der Waals surface area contributed by atoms with Gasteiger partial charge in [0, 0.05) is 13.1 Å². The molecule has 0 bridgehead atoms. The van der Waals surface area contributed by atoms with E-state index in [9.17, 15) is 0 Å². The molecule has 0 spiro atoms. The van der Waals surface area contributed by atoms with Gasteiger partial charge in [-0.05, 0) is 12.8 Å². The fraction of sp³-hybridized carbons (Fsp3) is 0.778. The van der Waals surface area contributed by atoms with E-state index in [4.69, 9.17) is 26.5 Å². The molecule has 0 aromatic carbocycles. The summed E-state index contributed by atoms with van der Waals surface area (Å²) >= 11 is 0. The lowest BCUT2D eigenvalue weighted by Gasteiger charge is -2.09. The van der Waals surface area contributed by atoms with E-state index in [1.54, 1.807) is 0 Å². The smallest absolute Gasteiger partial charge is 0.291 e. The highest BCUT2D eigenvalue weighted by Gasteiger charge is 1.97. The summed E-state index contributed by atoms with van der Waals surface area (Å²) in [4.78, 5) is 12.6. The molecule has 106 valence electrons. The summed E-state index contributed by atoms with van der Waals surface area (Å²) in [6, 6.07) is 0. The molecule has 0 aliphatic carbocycles. The summed E-state index contributed by atoms with van der Waals surface area (Å²) in [5.41, 5.74) is 5.22. The molecule has 0 aliphatic heterocycles. The van der Waals surface area contributed by atoms with Crippen LogP contribution in [0.15, 0.2) is 4.99 Å². The average molecular weight is 262 g/mol. The number of nitrogens with one attached hydrogen (secondary N) is 3. The van der Waals surface area contributed by atoms with Gasteiger partial charge in [-0.1, -0.05) is 20.3 Å². The minimum absolute atomic E-state index is 0.0798. The second-order valence-electron chi connectivity index (χ2n) is 3.29. The molecule has 0 amide bonds. The molecule has 0 unspecified atom stereocenters. The molecule has 0 saturated heterocycles.